The van der Waals surface area contributed by atoms with Crippen molar-refractivity contribution >= 4 is 11.6 Å². The molecule has 1 aromatic rings. The zero-order valence-electron chi connectivity index (χ0n) is 11.1. The van der Waals surface area contributed by atoms with Gasteiger partial charge in [0.1, 0.15) is 5.82 Å². The van der Waals surface area contributed by atoms with Crippen molar-refractivity contribution in [3.05, 3.63) is 34.6 Å². The van der Waals surface area contributed by atoms with Crippen LogP contribution in [0, 0.1) is 11.2 Å². The number of hydrogen-bond donors (Lipinski definition) is 2. The summed E-state index contributed by atoms with van der Waals surface area (Å²) in [6.07, 6.45) is 5.80. The molecule has 0 heterocycles. The first kappa shape index (κ1) is 14.8. The van der Waals surface area contributed by atoms with Crippen LogP contribution in [-0.2, 0) is 6.54 Å². The molecule has 1 fully saturated rings. The summed E-state index contributed by atoms with van der Waals surface area (Å²) in [6.45, 7) is 1.62. The van der Waals surface area contributed by atoms with Crippen LogP contribution in [0.1, 0.15) is 37.7 Å². The number of aliphatic hydroxyl groups excluding tert-OH is 1. The zero-order valence-corrected chi connectivity index (χ0v) is 11.8. The van der Waals surface area contributed by atoms with Gasteiger partial charge in [0.2, 0.25) is 0 Å². The lowest BCUT2D eigenvalue weighted by Gasteiger charge is -2.35. The molecule has 4 heteroatoms. The van der Waals surface area contributed by atoms with Gasteiger partial charge in [-0.2, -0.15) is 0 Å². The summed E-state index contributed by atoms with van der Waals surface area (Å²) < 4.78 is 13.3. The lowest BCUT2D eigenvalue weighted by Crippen LogP contribution is -2.38. The molecule has 106 valence electrons. The molecule has 0 radical (unpaired) electrons. The van der Waals surface area contributed by atoms with Gasteiger partial charge in [-0.15, -0.1) is 0 Å². The average Bonchev–Trinajstić information content (AvgIpc) is 2.44. The number of rotatable bonds is 5. The van der Waals surface area contributed by atoms with E-state index in [-0.39, 0.29) is 22.9 Å². The fourth-order valence-electron chi connectivity index (χ4n) is 2.81. The fraction of sp³-hybridized carbons (Fsp3) is 0.600. The summed E-state index contributed by atoms with van der Waals surface area (Å²) >= 11 is 5.65. The second kappa shape index (κ2) is 6.69. The molecule has 0 amide bonds. The predicted octanol–water partition coefficient (Wildman–Crippen LogP) is 3.51. The van der Waals surface area contributed by atoms with Crippen LogP contribution in [0.5, 0.6) is 0 Å². The van der Waals surface area contributed by atoms with Gasteiger partial charge in [0.05, 0.1) is 5.02 Å². The lowest BCUT2D eigenvalue weighted by molar-refractivity contribution is 0.0810. The standard InChI is InChI=1S/C15H21ClFNO/c16-13-5-4-12(8-14(13)17)9-18-10-15(11-19)6-2-1-3-7-15/h4-5,8,18-19H,1-3,6-7,9-11H2. The lowest BCUT2D eigenvalue weighted by atomic mass is 9.74. The van der Waals surface area contributed by atoms with Crippen LogP contribution < -0.4 is 5.32 Å². The van der Waals surface area contributed by atoms with E-state index in [1.807, 2.05) is 6.07 Å². The van der Waals surface area contributed by atoms with Crippen LogP contribution in [-0.4, -0.2) is 18.3 Å². The maximum absolute atomic E-state index is 13.3. The third-order valence-electron chi connectivity index (χ3n) is 4.06. The molecule has 1 aromatic carbocycles. The highest BCUT2D eigenvalue weighted by molar-refractivity contribution is 6.30. The summed E-state index contributed by atoms with van der Waals surface area (Å²) in [5.41, 5.74) is 0.897. The van der Waals surface area contributed by atoms with Gasteiger partial charge < -0.3 is 10.4 Å². The van der Waals surface area contributed by atoms with Gasteiger partial charge in [0.15, 0.2) is 0 Å². The molecule has 1 aliphatic carbocycles. The van der Waals surface area contributed by atoms with E-state index in [0.29, 0.717) is 6.54 Å². The molecule has 2 nitrogen and oxygen atoms in total. The van der Waals surface area contributed by atoms with Gasteiger partial charge in [0, 0.05) is 25.1 Å². The zero-order chi connectivity index (χ0) is 13.7. The Labute approximate surface area is 119 Å². The van der Waals surface area contributed by atoms with E-state index in [1.54, 1.807) is 6.07 Å². The molecule has 0 saturated heterocycles. The van der Waals surface area contributed by atoms with E-state index in [9.17, 15) is 9.50 Å². The SMILES string of the molecule is OCC1(CNCc2ccc(Cl)c(F)c2)CCCCC1. The summed E-state index contributed by atoms with van der Waals surface area (Å²) in [7, 11) is 0. The number of nitrogens with one attached hydrogen (secondary N) is 1. The minimum absolute atomic E-state index is 0.0171. The number of halogens is 2. The molecular weight excluding hydrogens is 265 g/mol. The molecule has 0 atom stereocenters. The van der Waals surface area contributed by atoms with Crippen LogP contribution >= 0.6 is 11.6 Å². The fourth-order valence-corrected chi connectivity index (χ4v) is 2.93. The smallest absolute Gasteiger partial charge is 0.142 e. The highest BCUT2D eigenvalue weighted by atomic mass is 35.5. The quantitative estimate of drug-likeness (QED) is 0.868. The Hall–Kier alpha value is -0.640. The molecule has 0 aliphatic heterocycles. The van der Waals surface area contributed by atoms with Gasteiger partial charge >= 0.3 is 0 Å². The molecule has 0 aromatic heterocycles. The minimum Gasteiger partial charge on any atom is -0.396 e. The summed E-state index contributed by atoms with van der Waals surface area (Å²) in [6, 6.07) is 4.86. The van der Waals surface area contributed by atoms with Crippen molar-refractivity contribution in [2.24, 2.45) is 5.41 Å². The number of hydrogen-bond acceptors (Lipinski definition) is 2. The van der Waals surface area contributed by atoms with Crippen molar-refractivity contribution < 1.29 is 9.50 Å². The van der Waals surface area contributed by atoms with E-state index in [0.717, 1.165) is 24.9 Å². The van der Waals surface area contributed by atoms with Crippen LogP contribution in [0.15, 0.2) is 18.2 Å². The second-order valence-corrected chi connectivity index (χ2v) is 5.98. The number of aliphatic hydroxyl groups is 1. The molecular formula is C15H21ClFNO. The van der Waals surface area contributed by atoms with Crippen molar-refractivity contribution in [2.45, 2.75) is 38.6 Å². The Kier molecular flexibility index (Phi) is 5.20. The topological polar surface area (TPSA) is 32.3 Å². The molecule has 2 rings (SSSR count). The molecule has 1 aliphatic rings. The molecule has 0 bridgehead atoms. The Morgan fingerprint density at radius 3 is 2.63 bits per heavy atom. The molecule has 0 spiro atoms. The van der Waals surface area contributed by atoms with Crippen LogP contribution in [0.3, 0.4) is 0 Å². The largest absolute Gasteiger partial charge is 0.396 e. The second-order valence-electron chi connectivity index (χ2n) is 5.57. The summed E-state index contributed by atoms with van der Waals surface area (Å²) in [5, 5.41) is 13.1. The third-order valence-corrected chi connectivity index (χ3v) is 4.37. The molecule has 1 saturated carbocycles. The van der Waals surface area contributed by atoms with Crippen LogP contribution in [0.2, 0.25) is 5.02 Å². The first-order valence-electron chi connectivity index (χ1n) is 6.91. The Balaban J connectivity index is 1.86. The highest BCUT2D eigenvalue weighted by Gasteiger charge is 2.30. The van der Waals surface area contributed by atoms with E-state index in [4.69, 9.17) is 11.6 Å². The Morgan fingerprint density at radius 2 is 2.00 bits per heavy atom. The van der Waals surface area contributed by atoms with Crippen molar-refractivity contribution in [3.8, 4) is 0 Å². The van der Waals surface area contributed by atoms with Gasteiger partial charge in [-0.1, -0.05) is 36.9 Å². The maximum atomic E-state index is 13.3. The van der Waals surface area contributed by atoms with Crippen molar-refractivity contribution in [1.82, 2.24) is 5.32 Å². The van der Waals surface area contributed by atoms with E-state index in [2.05, 4.69) is 5.32 Å². The van der Waals surface area contributed by atoms with Gasteiger partial charge in [-0.25, -0.2) is 4.39 Å². The van der Waals surface area contributed by atoms with Gasteiger partial charge in [0.25, 0.3) is 0 Å². The molecule has 2 N–H and O–H groups in total. The monoisotopic (exact) mass is 285 g/mol. The first-order valence-corrected chi connectivity index (χ1v) is 7.29. The Bertz CT molecular complexity index is 419. The average molecular weight is 286 g/mol. The summed E-state index contributed by atoms with van der Waals surface area (Å²) in [4.78, 5) is 0. The van der Waals surface area contributed by atoms with Crippen molar-refractivity contribution in [2.75, 3.05) is 13.2 Å². The normalized spacial score (nSPS) is 18.5. The highest BCUT2D eigenvalue weighted by Crippen LogP contribution is 2.35. The van der Waals surface area contributed by atoms with Gasteiger partial charge in [-0.05, 0) is 30.5 Å². The first-order chi connectivity index (χ1) is 9.15. The van der Waals surface area contributed by atoms with Gasteiger partial charge in [-0.3, -0.25) is 0 Å². The van der Waals surface area contributed by atoms with Crippen molar-refractivity contribution in [3.63, 3.8) is 0 Å². The van der Waals surface area contributed by atoms with E-state index in [1.165, 1.54) is 25.3 Å². The van der Waals surface area contributed by atoms with Crippen molar-refractivity contribution in [1.29, 1.82) is 0 Å². The van der Waals surface area contributed by atoms with E-state index < -0.39 is 0 Å². The van der Waals surface area contributed by atoms with Crippen LogP contribution in [0.4, 0.5) is 4.39 Å². The predicted molar refractivity (Wildman–Crippen MR) is 75.7 cm³/mol. The molecule has 0 unspecified atom stereocenters. The Morgan fingerprint density at radius 1 is 1.26 bits per heavy atom. The maximum Gasteiger partial charge on any atom is 0.142 e. The van der Waals surface area contributed by atoms with Crippen LogP contribution in [0.25, 0.3) is 0 Å². The van der Waals surface area contributed by atoms with E-state index >= 15 is 0 Å². The number of benzene rings is 1. The minimum atomic E-state index is -0.379. The summed E-state index contributed by atoms with van der Waals surface area (Å²) in [5.74, 6) is -0.379. The third kappa shape index (κ3) is 3.91. The molecule has 19 heavy (non-hydrogen) atoms.